The lowest BCUT2D eigenvalue weighted by Gasteiger charge is -2.23. The van der Waals surface area contributed by atoms with Crippen molar-refractivity contribution in [3.8, 4) is 0 Å². The second kappa shape index (κ2) is 9.92. The Labute approximate surface area is 131 Å². The molecule has 2 unspecified atom stereocenters. The molecule has 0 aliphatic carbocycles. The Morgan fingerprint density at radius 3 is 2.76 bits per heavy atom. The number of urea groups is 1. The SMILES string of the molecule is CCCC1CCCN(C(=O)NC(CCSC)C(=O)O)CC1. The van der Waals surface area contributed by atoms with Gasteiger partial charge in [-0.2, -0.15) is 11.8 Å². The average molecular weight is 316 g/mol. The number of thioether (sulfide) groups is 1. The summed E-state index contributed by atoms with van der Waals surface area (Å²) in [5, 5.41) is 11.8. The molecule has 21 heavy (non-hydrogen) atoms. The van der Waals surface area contributed by atoms with Crippen molar-refractivity contribution >= 4 is 23.8 Å². The van der Waals surface area contributed by atoms with Gasteiger partial charge in [0.15, 0.2) is 0 Å². The molecule has 6 heteroatoms. The van der Waals surface area contributed by atoms with Gasteiger partial charge >= 0.3 is 12.0 Å². The Balaban J connectivity index is 2.47. The highest BCUT2D eigenvalue weighted by Gasteiger charge is 2.24. The molecule has 0 bridgehead atoms. The molecule has 1 aliphatic rings. The minimum Gasteiger partial charge on any atom is -0.480 e. The fourth-order valence-electron chi connectivity index (χ4n) is 2.80. The molecular weight excluding hydrogens is 288 g/mol. The number of rotatable bonds is 7. The molecule has 1 saturated heterocycles. The van der Waals surface area contributed by atoms with E-state index in [0.29, 0.717) is 12.3 Å². The van der Waals surface area contributed by atoms with Crippen LogP contribution in [0.4, 0.5) is 4.79 Å². The molecule has 2 amide bonds. The molecule has 1 rings (SSSR count). The van der Waals surface area contributed by atoms with Crippen LogP contribution in [0.1, 0.15) is 45.4 Å². The summed E-state index contributed by atoms with van der Waals surface area (Å²) in [5.74, 6) is 0.492. The summed E-state index contributed by atoms with van der Waals surface area (Å²) in [6.45, 7) is 3.67. The Kier molecular flexibility index (Phi) is 8.57. The van der Waals surface area contributed by atoms with Gasteiger partial charge < -0.3 is 15.3 Å². The monoisotopic (exact) mass is 316 g/mol. The molecule has 5 nitrogen and oxygen atoms in total. The highest BCUT2D eigenvalue weighted by atomic mass is 32.2. The second-order valence-corrected chi connectivity index (χ2v) is 6.68. The molecule has 1 heterocycles. The number of nitrogens with one attached hydrogen (secondary N) is 1. The quantitative estimate of drug-likeness (QED) is 0.758. The van der Waals surface area contributed by atoms with Gasteiger partial charge in [0.1, 0.15) is 6.04 Å². The molecule has 0 spiro atoms. The van der Waals surface area contributed by atoms with E-state index >= 15 is 0 Å². The van der Waals surface area contributed by atoms with E-state index in [2.05, 4.69) is 12.2 Å². The number of carbonyl (C=O) groups excluding carboxylic acids is 1. The van der Waals surface area contributed by atoms with Crippen LogP contribution in [0.2, 0.25) is 0 Å². The van der Waals surface area contributed by atoms with Gasteiger partial charge in [0.2, 0.25) is 0 Å². The van der Waals surface area contributed by atoms with Crippen LogP contribution in [-0.4, -0.2) is 53.1 Å². The number of nitrogens with zero attached hydrogens (tertiary/aromatic N) is 1. The number of amides is 2. The third kappa shape index (κ3) is 6.59. The Bertz CT molecular complexity index is 339. The van der Waals surface area contributed by atoms with Gasteiger partial charge in [0.05, 0.1) is 0 Å². The highest BCUT2D eigenvalue weighted by molar-refractivity contribution is 7.98. The third-order valence-corrected chi connectivity index (χ3v) is 4.68. The summed E-state index contributed by atoms with van der Waals surface area (Å²) < 4.78 is 0. The normalized spacial score (nSPS) is 20.7. The first-order chi connectivity index (χ1) is 10.1. The van der Waals surface area contributed by atoms with Gasteiger partial charge in [0.25, 0.3) is 0 Å². The van der Waals surface area contributed by atoms with Crippen LogP contribution in [0.3, 0.4) is 0 Å². The summed E-state index contributed by atoms with van der Waals surface area (Å²) in [6.07, 6.45) is 8.03. The first kappa shape index (κ1) is 18.1. The number of carboxylic acids is 1. The van der Waals surface area contributed by atoms with E-state index in [-0.39, 0.29) is 6.03 Å². The molecule has 0 aromatic carbocycles. The first-order valence-electron chi connectivity index (χ1n) is 7.85. The maximum Gasteiger partial charge on any atom is 0.326 e. The zero-order chi connectivity index (χ0) is 15.7. The molecule has 0 saturated carbocycles. The lowest BCUT2D eigenvalue weighted by Crippen LogP contribution is -2.48. The number of carboxylic acid groups (broad SMARTS) is 1. The van der Waals surface area contributed by atoms with Crippen molar-refractivity contribution in [1.29, 1.82) is 0 Å². The van der Waals surface area contributed by atoms with Crippen LogP contribution < -0.4 is 5.32 Å². The van der Waals surface area contributed by atoms with Crippen LogP contribution in [-0.2, 0) is 4.79 Å². The smallest absolute Gasteiger partial charge is 0.326 e. The lowest BCUT2D eigenvalue weighted by atomic mass is 9.96. The molecule has 2 N–H and O–H groups in total. The molecule has 0 aromatic heterocycles. The van der Waals surface area contributed by atoms with Crippen molar-refractivity contribution in [2.75, 3.05) is 25.1 Å². The molecule has 1 aliphatic heterocycles. The second-order valence-electron chi connectivity index (χ2n) is 5.69. The van der Waals surface area contributed by atoms with Crippen LogP contribution in [0.25, 0.3) is 0 Å². The number of hydrogen-bond acceptors (Lipinski definition) is 3. The molecule has 2 atom stereocenters. The summed E-state index contributed by atoms with van der Waals surface area (Å²) in [7, 11) is 0. The van der Waals surface area contributed by atoms with Crippen molar-refractivity contribution < 1.29 is 14.7 Å². The van der Waals surface area contributed by atoms with E-state index < -0.39 is 12.0 Å². The van der Waals surface area contributed by atoms with E-state index in [0.717, 1.165) is 31.7 Å². The van der Waals surface area contributed by atoms with Crippen molar-refractivity contribution in [2.45, 2.75) is 51.5 Å². The Hall–Kier alpha value is -0.910. The minimum absolute atomic E-state index is 0.222. The van der Waals surface area contributed by atoms with Crippen LogP contribution in [0, 0.1) is 5.92 Å². The van der Waals surface area contributed by atoms with Crippen molar-refractivity contribution in [1.82, 2.24) is 10.2 Å². The van der Waals surface area contributed by atoms with Gasteiger partial charge in [-0.1, -0.05) is 19.8 Å². The third-order valence-electron chi connectivity index (χ3n) is 4.04. The maximum absolute atomic E-state index is 12.2. The average Bonchev–Trinajstić information content (AvgIpc) is 2.69. The summed E-state index contributed by atoms with van der Waals surface area (Å²) in [4.78, 5) is 25.2. The van der Waals surface area contributed by atoms with E-state index in [9.17, 15) is 14.7 Å². The zero-order valence-corrected chi connectivity index (χ0v) is 14.0. The van der Waals surface area contributed by atoms with Gasteiger partial charge in [-0.25, -0.2) is 9.59 Å². The Morgan fingerprint density at radius 2 is 2.14 bits per heavy atom. The van der Waals surface area contributed by atoms with E-state index in [4.69, 9.17) is 0 Å². The largest absolute Gasteiger partial charge is 0.480 e. The highest BCUT2D eigenvalue weighted by Crippen LogP contribution is 2.21. The minimum atomic E-state index is -0.948. The predicted octanol–water partition coefficient (Wildman–Crippen LogP) is 2.80. The van der Waals surface area contributed by atoms with Gasteiger partial charge in [-0.3, -0.25) is 0 Å². The number of likely N-dealkylation sites (tertiary alicyclic amines) is 1. The Morgan fingerprint density at radius 1 is 1.38 bits per heavy atom. The summed E-state index contributed by atoms with van der Waals surface area (Å²) in [5.41, 5.74) is 0. The number of aliphatic carboxylic acids is 1. The number of hydrogen-bond donors (Lipinski definition) is 2. The molecule has 122 valence electrons. The maximum atomic E-state index is 12.2. The number of carbonyl (C=O) groups is 2. The summed E-state index contributed by atoms with van der Waals surface area (Å²) >= 11 is 1.59. The first-order valence-corrected chi connectivity index (χ1v) is 9.25. The van der Waals surface area contributed by atoms with Gasteiger partial charge in [-0.15, -0.1) is 0 Å². The van der Waals surface area contributed by atoms with Crippen molar-refractivity contribution in [3.05, 3.63) is 0 Å². The molecule has 1 fully saturated rings. The van der Waals surface area contributed by atoms with Gasteiger partial charge in [-0.05, 0) is 43.6 Å². The topological polar surface area (TPSA) is 69.6 Å². The van der Waals surface area contributed by atoms with E-state index in [1.807, 2.05) is 6.26 Å². The fraction of sp³-hybridized carbons (Fsp3) is 0.867. The van der Waals surface area contributed by atoms with E-state index in [1.165, 1.54) is 19.3 Å². The summed E-state index contributed by atoms with van der Waals surface area (Å²) in [6, 6.07) is -1.000. The standard InChI is InChI=1S/C15H28N2O3S/c1-3-5-12-6-4-9-17(10-7-12)15(20)16-13(14(18)19)8-11-21-2/h12-13H,3-11H2,1-2H3,(H,16,20)(H,18,19). The van der Waals surface area contributed by atoms with Crippen LogP contribution >= 0.6 is 11.8 Å². The van der Waals surface area contributed by atoms with E-state index in [1.54, 1.807) is 16.7 Å². The van der Waals surface area contributed by atoms with Gasteiger partial charge in [0, 0.05) is 13.1 Å². The predicted molar refractivity (Wildman–Crippen MR) is 86.8 cm³/mol. The van der Waals surface area contributed by atoms with Crippen LogP contribution in [0.15, 0.2) is 0 Å². The van der Waals surface area contributed by atoms with Crippen LogP contribution in [0.5, 0.6) is 0 Å². The molecule has 0 radical (unpaired) electrons. The van der Waals surface area contributed by atoms with Crippen molar-refractivity contribution in [2.24, 2.45) is 5.92 Å². The molecular formula is C15H28N2O3S. The lowest BCUT2D eigenvalue weighted by molar-refractivity contribution is -0.139. The fourth-order valence-corrected chi connectivity index (χ4v) is 3.27. The van der Waals surface area contributed by atoms with Crippen molar-refractivity contribution in [3.63, 3.8) is 0 Å². The zero-order valence-electron chi connectivity index (χ0n) is 13.1. The molecule has 0 aromatic rings.